The van der Waals surface area contributed by atoms with E-state index in [1.54, 1.807) is 18.3 Å². The lowest BCUT2D eigenvalue weighted by Crippen LogP contribution is -2.12. The van der Waals surface area contributed by atoms with Crippen LogP contribution in [0.5, 0.6) is 0 Å². The van der Waals surface area contributed by atoms with Crippen LogP contribution >= 0.6 is 15.9 Å². The number of nitrogens with one attached hydrogen (secondary N) is 1. The Morgan fingerprint density at radius 3 is 2.65 bits per heavy atom. The molecule has 1 heterocycles. The van der Waals surface area contributed by atoms with E-state index >= 15 is 0 Å². The van der Waals surface area contributed by atoms with Crippen molar-refractivity contribution < 1.29 is 9.18 Å². The van der Waals surface area contributed by atoms with Crippen molar-refractivity contribution in [2.75, 3.05) is 5.32 Å². The molecule has 0 radical (unpaired) electrons. The standard InChI is InChI=1S/C17H13BrFN3O/c1-11-8-13(18)2-7-16(11)21-17(23)12-9-20-22(10-12)15-5-3-14(19)4-6-15/h2-10H,1H3,(H,21,23). The monoisotopic (exact) mass is 373 g/mol. The summed E-state index contributed by atoms with van der Waals surface area (Å²) < 4.78 is 15.4. The Bertz CT molecular complexity index is 859. The van der Waals surface area contributed by atoms with E-state index in [9.17, 15) is 9.18 Å². The summed E-state index contributed by atoms with van der Waals surface area (Å²) in [6, 6.07) is 11.5. The molecule has 0 atom stereocenters. The number of nitrogens with zero attached hydrogens (tertiary/aromatic N) is 2. The number of hydrogen-bond acceptors (Lipinski definition) is 2. The Labute approximate surface area is 141 Å². The number of hydrogen-bond donors (Lipinski definition) is 1. The van der Waals surface area contributed by atoms with E-state index < -0.39 is 0 Å². The Hall–Kier alpha value is -2.47. The number of amides is 1. The number of carbonyl (C=O) groups is 1. The molecule has 0 fully saturated rings. The van der Waals surface area contributed by atoms with Crippen molar-refractivity contribution in [1.82, 2.24) is 9.78 Å². The Morgan fingerprint density at radius 1 is 1.22 bits per heavy atom. The molecular formula is C17H13BrFN3O. The number of anilines is 1. The third kappa shape index (κ3) is 3.48. The largest absolute Gasteiger partial charge is 0.322 e. The van der Waals surface area contributed by atoms with Crippen LogP contribution in [0.15, 0.2) is 59.3 Å². The van der Waals surface area contributed by atoms with Gasteiger partial charge in [-0.25, -0.2) is 9.07 Å². The molecule has 1 aromatic heterocycles. The van der Waals surface area contributed by atoms with Crippen LogP contribution in [-0.2, 0) is 0 Å². The predicted octanol–water partition coefficient (Wildman–Crippen LogP) is 4.33. The zero-order valence-corrected chi connectivity index (χ0v) is 13.8. The van der Waals surface area contributed by atoms with E-state index in [1.165, 1.54) is 23.0 Å². The zero-order valence-electron chi connectivity index (χ0n) is 12.3. The van der Waals surface area contributed by atoms with Crippen LogP contribution in [-0.4, -0.2) is 15.7 Å². The summed E-state index contributed by atoms with van der Waals surface area (Å²) >= 11 is 3.39. The average molecular weight is 374 g/mol. The molecule has 0 unspecified atom stereocenters. The summed E-state index contributed by atoms with van der Waals surface area (Å²) in [7, 11) is 0. The second kappa shape index (κ2) is 6.34. The fourth-order valence-electron chi connectivity index (χ4n) is 2.14. The SMILES string of the molecule is Cc1cc(Br)ccc1NC(=O)c1cnn(-c2ccc(F)cc2)c1. The maximum Gasteiger partial charge on any atom is 0.258 e. The summed E-state index contributed by atoms with van der Waals surface area (Å²) in [5.74, 6) is -0.562. The van der Waals surface area contributed by atoms with E-state index in [1.807, 2.05) is 25.1 Å². The molecule has 1 amide bonds. The maximum absolute atomic E-state index is 12.9. The summed E-state index contributed by atoms with van der Waals surface area (Å²) in [6.07, 6.45) is 3.09. The third-order valence-electron chi connectivity index (χ3n) is 3.37. The summed E-state index contributed by atoms with van der Waals surface area (Å²) in [6.45, 7) is 1.92. The van der Waals surface area contributed by atoms with Gasteiger partial charge in [0.25, 0.3) is 5.91 Å². The molecule has 6 heteroatoms. The molecule has 0 bridgehead atoms. The molecule has 23 heavy (non-hydrogen) atoms. The molecule has 3 rings (SSSR count). The highest BCUT2D eigenvalue weighted by molar-refractivity contribution is 9.10. The van der Waals surface area contributed by atoms with E-state index in [0.717, 1.165) is 15.7 Å². The van der Waals surface area contributed by atoms with Crippen molar-refractivity contribution in [3.8, 4) is 5.69 Å². The molecule has 3 aromatic rings. The van der Waals surface area contributed by atoms with Gasteiger partial charge in [-0.2, -0.15) is 5.10 Å². The van der Waals surface area contributed by atoms with Crippen molar-refractivity contribution in [3.05, 3.63) is 76.3 Å². The lowest BCUT2D eigenvalue weighted by atomic mass is 10.2. The Morgan fingerprint density at radius 2 is 1.96 bits per heavy atom. The van der Waals surface area contributed by atoms with Crippen LogP contribution in [0.4, 0.5) is 10.1 Å². The van der Waals surface area contributed by atoms with Gasteiger partial charge < -0.3 is 5.32 Å². The number of rotatable bonds is 3. The fourth-order valence-corrected chi connectivity index (χ4v) is 2.61. The summed E-state index contributed by atoms with van der Waals surface area (Å²) in [5.41, 5.74) is 2.81. The van der Waals surface area contributed by atoms with Crippen molar-refractivity contribution in [2.24, 2.45) is 0 Å². The lowest BCUT2D eigenvalue weighted by Gasteiger charge is -2.07. The van der Waals surface area contributed by atoms with Gasteiger partial charge in [0, 0.05) is 16.4 Å². The van der Waals surface area contributed by atoms with Gasteiger partial charge in [0.05, 0.1) is 17.4 Å². The van der Waals surface area contributed by atoms with Crippen LogP contribution < -0.4 is 5.32 Å². The van der Waals surface area contributed by atoms with Gasteiger partial charge in [0.1, 0.15) is 5.82 Å². The molecule has 116 valence electrons. The zero-order chi connectivity index (χ0) is 16.4. The van der Waals surface area contributed by atoms with Crippen LogP contribution in [0.3, 0.4) is 0 Å². The first-order valence-electron chi connectivity index (χ1n) is 6.91. The lowest BCUT2D eigenvalue weighted by molar-refractivity contribution is 0.102. The molecule has 1 N–H and O–H groups in total. The molecule has 4 nitrogen and oxygen atoms in total. The van der Waals surface area contributed by atoms with Gasteiger partial charge in [0.15, 0.2) is 0 Å². The normalized spacial score (nSPS) is 10.6. The topological polar surface area (TPSA) is 46.9 Å². The second-order valence-corrected chi connectivity index (χ2v) is 5.98. The number of benzene rings is 2. The average Bonchev–Trinajstić information content (AvgIpc) is 3.01. The molecule has 0 saturated carbocycles. The predicted molar refractivity (Wildman–Crippen MR) is 90.4 cm³/mol. The van der Waals surface area contributed by atoms with Crippen molar-refractivity contribution >= 4 is 27.5 Å². The van der Waals surface area contributed by atoms with Gasteiger partial charge in [-0.05, 0) is 55.0 Å². The number of carbonyl (C=O) groups excluding carboxylic acids is 1. The first-order valence-corrected chi connectivity index (χ1v) is 7.70. The minimum Gasteiger partial charge on any atom is -0.322 e. The van der Waals surface area contributed by atoms with Crippen LogP contribution in [0, 0.1) is 12.7 Å². The van der Waals surface area contributed by atoms with Crippen LogP contribution in [0.2, 0.25) is 0 Å². The van der Waals surface area contributed by atoms with Gasteiger partial charge >= 0.3 is 0 Å². The molecule has 0 saturated heterocycles. The van der Waals surface area contributed by atoms with Gasteiger partial charge in [-0.15, -0.1) is 0 Å². The van der Waals surface area contributed by atoms with Crippen LogP contribution in [0.25, 0.3) is 5.69 Å². The van der Waals surface area contributed by atoms with E-state index in [4.69, 9.17) is 0 Å². The molecule has 0 aliphatic rings. The molecular weight excluding hydrogens is 361 g/mol. The third-order valence-corrected chi connectivity index (χ3v) is 3.87. The number of halogens is 2. The molecule has 2 aromatic carbocycles. The smallest absolute Gasteiger partial charge is 0.258 e. The first kappa shape index (κ1) is 15.4. The Kier molecular flexibility index (Phi) is 4.25. The fraction of sp³-hybridized carbons (Fsp3) is 0.0588. The number of aromatic nitrogens is 2. The van der Waals surface area contributed by atoms with E-state index in [-0.39, 0.29) is 11.7 Å². The molecule has 0 aliphatic heterocycles. The quantitative estimate of drug-likeness (QED) is 0.742. The second-order valence-electron chi connectivity index (χ2n) is 5.06. The minimum atomic E-state index is -0.315. The van der Waals surface area contributed by atoms with Crippen molar-refractivity contribution in [1.29, 1.82) is 0 Å². The highest BCUT2D eigenvalue weighted by atomic mass is 79.9. The maximum atomic E-state index is 12.9. The summed E-state index contributed by atoms with van der Waals surface area (Å²) in [4.78, 5) is 12.3. The van der Waals surface area contributed by atoms with Gasteiger partial charge in [-0.1, -0.05) is 15.9 Å². The molecule has 0 aliphatic carbocycles. The van der Waals surface area contributed by atoms with Gasteiger partial charge in [0.2, 0.25) is 0 Å². The van der Waals surface area contributed by atoms with Gasteiger partial charge in [-0.3, -0.25) is 4.79 Å². The highest BCUT2D eigenvalue weighted by Crippen LogP contribution is 2.20. The highest BCUT2D eigenvalue weighted by Gasteiger charge is 2.11. The van der Waals surface area contributed by atoms with Crippen LogP contribution in [0.1, 0.15) is 15.9 Å². The Balaban J connectivity index is 1.79. The molecule has 0 spiro atoms. The van der Waals surface area contributed by atoms with Crippen molar-refractivity contribution in [2.45, 2.75) is 6.92 Å². The summed E-state index contributed by atoms with van der Waals surface area (Å²) in [5, 5.41) is 7.00. The minimum absolute atomic E-state index is 0.246. The van der Waals surface area contributed by atoms with E-state index in [0.29, 0.717) is 11.3 Å². The van der Waals surface area contributed by atoms with E-state index in [2.05, 4.69) is 26.3 Å². The van der Waals surface area contributed by atoms with Crippen molar-refractivity contribution in [3.63, 3.8) is 0 Å². The first-order chi connectivity index (χ1) is 11.0. The number of aryl methyl sites for hydroxylation is 1.